The molecule has 1 aromatic carbocycles. The topological polar surface area (TPSA) is 58.5 Å². The number of guanidine groups is 1. The molecule has 0 bridgehead atoms. The van der Waals surface area contributed by atoms with Crippen molar-refractivity contribution in [2.45, 2.75) is 20.3 Å². The van der Waals surface area contributed by atoms with Gasteiger partial charge in [0.1, 0.15) is 17.5 Å². The molecule has 5 nitrogen and oxygen atoms in total. The molecular weight excluding hydrogens is 336 g/mol. The quantitative estimate of drug-likeness (QED) is 0.328. The van der Waals surface area contributed by atoms with Crippen LogP contribution in [0.4, 0.5) is 0 Å². The van der Waals surface area contributed by atoms with Gasteiger partial charge in [-0.25, -0.2) is 4.98 Å². The van der Waals surface area contributed by atoms with Gasteiger partial charge in [-0.3, -0.25) is 4.99 Å². The highest BCUT2D eigenvalue weighted by Gasteiger charge is 2.00. The predicted molar refractivity (Wildman–Crippen MR) is 104 cm³/mol. The summed E-state index contributed by atoms with van der Waals surface area (Å²) in [4.78, 5) is 8.65. The van der Waals surface area contributed by atoms with Gasteiger partial charge in [-0.2, -0.15) is 0 Å². The van der Waals surface area contributed by atoms with Crippen LogP contribution in [0.2, 0.25) is 5.15 Å². The first-order valence-electron chi connectivity index (χ1n) is 8.50. The minimum absolute atomic E-state index is 0.510. The molecule has 0 amide bonds. The zero-order valence-corrected chi connectivity index (χ0v) is 15.5. The molecule has 134 valence electrons. The molecule has 25 heavy (non-hydrogen) atoms. The molecule has 0 atom stereocenters. The number of hydrogen-bond acceptors (Lipinski definition) is 3. The van der Waals surface area contributed by atoms with E-state index in [1.807, 2.05) is 44.2 Å². The second kappa shape index (κ2) is 10.6. The average molecular weight is 361 g/mol. The SMILES string of the molecule is CCNC(=NCCc1ccc(Cl)nc1)NCCOc1ccccc1C. The van der Waals surface area contributed by atoms with Crippen molar-refractivity contribution in [3.05, 3.63) is 58.9 Å². The van der Waals surface area contributed by atoms with Crippen LogP contribution in [0.25, 0.3) is 0 Å². The van der Waals surface area contributed by atoms with Crippen LogP contribution in [0.5, 0.6) is 5.75 Å². The lowest BCUT2D eigenvalue weighted by molar-refractivity contribution is 0.320. The summed E-state index contributed by atoms with van der Waals surface area (Å²) in [7, 11) is 0. The Balaban J connectivity index is 1.75. The molecule has 0 radical (unpaired) electrons. The summed E-state index contributed by atoms with van der Waals surface area (Å²) in [5.41, 5.74) is 2.26. The monoisotopic (exact) mass is 360 g/mol. The third-order valence-corrected chi connectivity index (χ3v) is 3.77. The fraction of sp³-hybridized carbons (Fsp3) is 0.368. The Hall–Kier alpha value is -2.27. The lowest BCUT2D eigenvalue weighted by Gasteiger charge is -2.13. The number of aryl methyl sites for hydroxylation is 1. The van der Waals surface area contributed by atoms with Crippen molar-refractivity contribution in [1.29, 1.82) is 0 Å². The van der Waals surface area contributed by atoms with Crippen LogP contribution in [0, 0.1) is 6.92 Å². The lowest BCUT2D eigenvalue weighted by Crippen LogP contribution is -2.39. The number of aliphatic imine (C=N–C) groups is 1. The minimum atomic E-state index is 0.510. The fourth-order valence-corrected chi connectivity index (χ4v) is 2.35. The number of nitrogens with zero attached hydrogens (tertiary/aromatic N) is 2. The Morgan fingerprint density at radius 1 is 1.20 bits per heavy atom. The van der Waals surface area contributed by atoms with Crippen LogP contribution >= 0.6 is 11.6 Å². The van der Waals surface area contributed by atoms with E-state index >= 15 is 0 Å². The molecule has 2 rings (SSSR count). The third kappa shape index (κ3) is 7.01. The normalized spacial score (nSPS) is 11.2. The number of para-hydroxylation sites is 1. The largest absolute Gasteiger partial charge is 0.491 e. The summed E-state index contributed by atoms with van der Waals surface area (Å²) < 4.78 is 5.78. The summed E-state index contributed by atoms with van der Waals surface area (Å²) >= 11 is 5.79. The first-order valence-corrected chi connectivity index (χ1v) is 8.88. The maximum absolute atomic E-state index is 5.79. The highest BCUT2D eigenvalue weighted by atomic mass is 35.5. The standard InChI is InChI=1S/C19H25ClN4O/c1-3-21-19(22-11-10-16-8-9-18(20)24-14-16)23-12-13-25-17-7-5-4-6-15(17)2/h4-9,14H,3,10-13H2,1-2H3,(H2,21,22,23). The van der Waals surface area contributed by atoms with Gasteiger partial charge in [0.2, 0.25) is 0 Å². The Kier molecular flexibility index (Phi) is 8.05. The van der Waals surface area contributed by atoms with E-state index in [1.165, 1.54) is 0 Å². The van der Waals surface area contributed by atoms with E-state index in [1.54, 1.807) is 12.3 Å². The van der Waals surface area contributed by atoms with Crippen LogP contribution < -0.4 is 15.4 Å². The van der Waals surface area contributed by atoms with Crippen LogP contribution in [-0.2, 0) is 6.42 Å². The predicted octanol–water partition coefficient (Wildman–Crippen LogP) is 3.22. The van der Waals surface area contributed by atoms with Gasteiger partial charge >= 0.3 is 0 Å². The van der Waals surface area contributed by atoms with Gasteiger partial charge in [-0.1, -0.05) is 35.9 Å². The minimum Gasteiger partial charge on any atom is -0.491 e. The number of halogens is 1. The molecular formula is C19H25ClN4O. The molecule has 0 unspecified atom stereocenters. The van der Waals surface area contributed by atoms with Crippen LogP contribution in [0.15, 0.2) is 47.6 Å². The van der Waals surface area contributed by atoms with E-state index in [0.717, 1.165) is 35.8 Å². The summed E-state index contributed by atoms with van der Waals surface area (Å²) in [5, 5.41) is 7.03. The molecule has 0 fully saturated rings. The maximum Gasteiger partial charge on any atom is 0.191 e. The maximum atomic E-state index is 5.79. The van der Waals surface area contributed by atoms with Crippen molar-refractivity contribution in [3.63, 3.8) is 0 Å². The Bertz CT molecular complexity index is 673. The van der Waals surface area contributed by atoms with Crippen molar-refractivity contribution in [2.24, 2.45) is 4.99 Å². The van der Waals surface area contributed by atoms with Crippen molar-refractivity contribution in [2.75, 3.05) is 26.2 Å². The number of nitrogens with one attached hydrogen (secondary N) is 2. The smallest absolute Gasteiger partial charge is 0.191 e. The number of rotatable bonds is 8. The van der Waals surface area contributed by atoms with E-state index in [9.17, 15) is 0 Å². The summed E-state index contributed by atoms with van der Waals surface area (Å²) in [5.74, 6) is 1.71. The number of hydrogen-bond donors (Lipinski definition) is 2. The summed E-state index contributed by atoms with van der Waals surface area (Å²) in [6, 6.07) is 11.8. The third-order valence-electron chi connectivity index (χ3n) is 3.55. The zero-order chi connectivity index (χ0) is 17.9. The molecule has 2 aromatic rings. The molecule has 0 saturated heterocycles. The highest BCUT2D eigenvalue weighted by molar-refractivity contribution is 6.29. The first kappa shape index (κ1) is 19.1. The van der Waals surface area contributed by atoms with Gasteiger partial charge in [0, 0.05) is 19.3 Å². The molecule has 2 N–H and O–H groups in total. The Morgan fingerprint density at radius 3 is 2.76 bits per heavy atom. The average Bonchev–Trinajstić information content (AvgIpc) is 2.61. The second-order valence-corrected chi connectivity index (χ2v) is 5.93. The van der Waals surface area contributed by atoms with Gasteiger partial charge in [0.25, 0.3) is 0 Å². The highest BCUT2D eigenvalue weighted by Crippen LogP contribution is 2.15. The van der Waals surface area contributed by atoms with Crippen LogP contribution in [-0.4, -0.2) is 37.2 Å². The molecule has 1 aromatic heterocycles. The van der Waals surface area contributed by atoms with Crippen molar-refractivity contribution >= 4 is 17.6 Å². The molecule has 0 spiro atoms. The van der Waals surface area contributed by atoms with Crippen molar-refractivity contribution in [1.82, 2.24) is 15.6 Å². The summed E-state index contributed by atoms with van der Waals surface area (Å²) in [6.07, 6.45) is 2.61. The number of pyridine rings is 1. The number of benzene rings is 1. The molecule has 0 aliphatic rings. The molecule has 0 aliphatic heterocycles. The second-order valence-electron chi connectivity index (χ2n) is 5.54. The zero-order valence-electron chi connectivity index (χ0n) is 14.8. The molecule has 6 heteroatoms. The van der Waals surface area contributed by atoms with E-state index in [2.05, 4.69) is 20.6 Å². The van der Waals surface area contributed by atoms with Gasteiger partial charge in [-0.15, -0.1) is 0 Å². The molecule has 0 saturated carbocycles. The van der Waals surface area contributed by atoms with Gasteiger partial charge in [-0.05, 0) is 43.5 Å². The van der Waals surface area contributed by atoms with E-state index in [0.29, 0.717) is 24.8 Å². The number of ether oxygens (including phenoxy) is 1. The van der Waals surface area contributed by atoms with E-state index < -0.39 is 0 Å². The van der Waals surface area contributed by atoms with Crippen LogP contribution in [0.3, 0.4) is 0 Å². The fourth-order valence-electron chi connectivity index (χ4n) is 2.24. The van der Waals surface area contributed by atoms with Gasteiger partial charge in [0.15, 0.2) is 5.96 Å². The summed E-state index contributed by atoms with van der Waals surface area (Å²) in [6.45, 7) is 6.84. The number of aromatic nitrogens is 1. The van der Waals surface area contributed by atoms with Gasteiger partial charge in [0.05, 0.1) is 6.54 Å². The van der Waals surface area contributed by atoms with Crippen LogP contribution in [0.1, 0.15) is 18.1 Å². The Morgan fingerprint density at radius 2 is 2.04 bits per heavy atom. The Labute approximate surface area is 154 Å². The van der Waals surface area contributed by atoms with Crippen molar-refractivity contribution < 1.29 is 4.74 Å². The van der Waals surface area contributed by atoms with Crippen molar-refractivity contribution in [3.8, 4) is 5.75 Å². The van der Waals surface area contributed by atoms with Gasteiger partial charge < -0.3 is 15.4 Å². The first-order chi connectivity index (χ1) is 12.2. The van der Waals surface area contributed by atoms with E-state index in [4.69, 9.17) is 16.3 Å². The lowest BCUT2D eigenvalue weighted by atomic mass is 10.2. The van der Waals surface area contributed by atoms with E-state index in [-0.39, 0.29) is 0 Å². The molecule has 0 aliphatic carbocycles. The molecule has 1 heterocycles.